The maximum absolute atomic E-state index is 10.4. The summed E-state index contributed by atoms with van der Waals surface area (Å²) in [4.78, 5) is 10.4. The van der Waals surface area contributed by atoms with Crippen LogP contribution >= 0.6 is 0 Å². The summed E-state index contributed by atoms with van der Waals surface area (Å²) in [5, 5.41) is 8.51. The summed E-state index contributed by atoms with van der Waals surface area (Å²) < 4.78 is 0. The molecule has 0 aliphatic rings. The van der Waals surface area contributed by atoms with Gasteiger partial charge in [-0.15, -0.1) is 0 Å². The molecule has 0 saturated heterocycles. The maximum atomic E-state index is 10.4. The van der Waals surface area contributed by atoms with Crippen molar-refractivity contribution in [3.8, 4) is 0 Å². The minimum atomic E-state index is -0.872. The molecule has 18 heavy (non-hydrogen) atoms. The number of rotatable bonds is 1. The molecule has 2 nitrogen and oxygen atoms in total. The topological polar surface area (TPSA) is 37.3 Å². The molecule has 2 rings (SSSR count). The SMILES string of the molecule is Cc1cccc(C(=O)O)c1.Cc1cccc(C)c1. The van der Waals surface area contributed by atoms with Gasteiger partial charge in [-0.2, -0.15) is 0 Å². The fourth-order valence-electron chi connectivity index (χ4n) is 1.59. The highest BCUT2D eigenvalue weighted by Gasteiger charge is 1.99. The van der Waals surface area contributed by atoms with Gasteiger partial charge in [-0.05, 0) is 32.9 Å². The summed E-state index contributed by atoms with van der Waals surface area (Å²) in [7, 11) is 0. The molecule has 0 saturated carbocycles. The van der Waals surface area contributed by atoms with Gasteiger partial charge in [0.15, 0.2) is 0 Å². The van der Waals surface area contributed by atoms with Crippen LogP contribution in [0.25, 0.3) is 0 Å². The van der Waals surface area contributed by atoms with Crippen molar-refractivity contribution in [3.05, 3.63) is 70.8 Å². The highest BCUT2D eigenvalue weighted by atomic mass is 16.4. The van der Waals surface area contributed by atoms with Crippen LogP contribution in [0.5, 0.6) is 0 Å². The number of hydrogen-bond acceptors (Lipinski definition) is 1. The Morgan fingerprint density at radius 3 is 1.56 bits per heavy atom. The molecule has 0 aromatic heterocycles. The van der Waals surface area contributed by atoms with Crippen LogP contribution < -0.4 is 0 Å². The van der Waals surface area contributed by atoms with Gasteiger partial charge in [-0.1, -0.05) is 53.1 Å². The van der Waals surface area contributed by atoms with Crippen molar-refractivity contribution in [3.63, 3.8) is 0 Å². The number of hydrogen-bond donors (Lipinski definition) is 1. The van der Waals surface area contributed by atoms with E-state index in [2.05, 4.69) is 38.1 Å². The summed E-state index contributed by atoms with van der Waals surface area (Å²) in [6.45, 7) is 6.08. The van der Waals surface area contributed by atoms with Crippen molar-refractivity contribution in [1.82, 2.24) is 0 Å². The average Bonchev–Trinajstić information content (AvgIpc) is 2.29. The number of carbonyl (C=O) groups is 1. The molecule has 0 aliphatic heterocycles. The Labute approximate surface area is 108 Å². The lowest BCUT2D eigenvalue weighted by atomic mass is 10.1. The van der Waals surface area contributed by atoms with Gasteiger partial charge in [0.25, 0.3) is 0 Å². The summed E-state index contributed by atoms with van der Waals surface area (Å²) in [5.74, 6) is -0.872. The Morgan fingerprint density at radius 2 is 1.28 bits per heavy atom. The molecular formula is C16H18O2. The van der Waals surface area contributed by atoms with E-state index in [0.717, 1.165) is 5.56 Å². The van der Waals surface area contributed by atoms with Crippen LogP contribution in [0.3, 0.4) is 0 Å². The number of carboxylic acids is 1. The first-order valence-corrected chi connectivity index (χ1v) is 5.82. The lowest BCUT2D eigenvalue weighted by Gasteiger charge is -1.93. The Balaban J connectivity index is 0.000000184. The Bertz CT molecular complexity index is 513. The van der Waals surface area contributed by atoms with Gasteiger partial charge in [0.2, 0.25) is 0 Å². The van der Waals surface area contributed by atoms with Crippen LogP contribution in [0.1, 0.15) is 27.0 Å². The van der Waals surface area contributed by atoms with E-state index in [4.69, 9.17) is 5.11 Å². The van der Waals surface area contributed by atoms with Gasteiger partial charge in [0.1, 0.15) is 0 Å². The Morgan fingerprint density at radius 1 is 0.833 bits per heavy atom. The number of carboxylic acid groups (broad SMARTS) is 1. The first-order valence-electron chi connectivity index (χ1n) is 5.82. The number of aryl methyl sites for hydroxylation is 3. The third kappa shape index (κ3) is 4.83. The molecule has 2 heteroatoms. The molecule has 0 radical (unpaired) electrons. The molecule has 0 atom stereocenters. The smallest absolute Gasteiger partial charge is 0.335 e. The summed E-state index contributed by atoms with van der Waals surface area (Å²) in [5.41, 5.74) is 4.00. The van der Waals surface area contributed by atoms with Gasteiger partial charge >= 0.3 is 5.97 Å². The predicted octanol–water partition coefficient (Wildman–Crippen LogP) is 4.00. The van der Waals surface area contributed by atoms with Crippen LogP contribution in [0.15, 0.2) is 48.5 Å². The zero-order valence-corrected chi connectivity index (χ0v) is 11.0. The van der Waals surface area contributed by atoms with E-state index in [1.54, 1.807) is 18.2 Å². The Hall–Kier alpha value is -2.09. The van der Waals surface area contributed by atoms with E-state index >= 15 is 0 Å². The molecule has 0 heterocycles. The standard InChI is InChI=1S/C8H8O2.C8H10/c1-6-3-2-4-7(5-6)8(9)10;1-7-4-3-5-8(2)6-7/h2-5H,1H3,(H,9,10);3-6H,1-2H3. The van der Waals surface area contributed by atoms with E-state index in [9.17, 15) is 4.79 Å². The summed E-state index contributed by atoms with van der Waals surface area (Å²) in [6.07, 6.45) is 0. The molecule has 2 aromatic carbocycles. The third-order valence-corrected chi connectivity index (χ3v) is 2.44. The molecule has 0 fully saturated rings. The zero-order chi connectivity index (χ0) is 13.5. The van der Waals surface area contributed by atoms with Gasteiger partial charge in [0.05, 0.1) is 5.56 Å². The van der Waals surface area contributed by atoms with E-state index in [1.165, 1.54) is 11.1 Å². The Kier molecular flexibility index (Phi) is 5.12. The number of benzene rings is 2. The number of aromatic carboxylic acids is 1. The molecule has 1 N–H and O–H groups in total. The van der Waals surface area contributed by atoms with E-state index in [-0.39, 0.29) is 0 Å². The summed E-state index contributed by atoms with van der Waals surface area (Å²) in [6, 6.07) is 15.3. The minimum Gasteiger partial charge on any atom is -0.478 e. The normalized spacial score (nSPS) is 9.28. The first kappa shape index (κ1) is 14.0. The predicted molar refractivity (Wildman–Crippen MR) is 74.1 cm³/mol. The fourth-order valence-corrected chi connectivity index (χ4v) is 1.59. The molecule has 2 aromatic rings. The van der Waals surface area contributed by atoms with Crippen molar-refractivity contribution in [2.75, 3.05) is 0 Å². The van der Waals surface area contributed by atoms with Gasteiger partial charge in [-0.25, -0.2) is 4.79 Å². The first-order chi connectivity index (χ1) is 8.49. The lowest BCUT2D eigenvalue weighted by molar-refractivity contribution is 0.0697. The van der Waals surface area contributed by atoms with E-state index < -0.39 is 5.97 Å². The highest BCUT2D eigenvalue weighted by molar-refractivity contribution is 5.87. The molecule has 0 amide bonds. The van der Waals surface area contributed by atoms with Crippen LogP contribution in [0.2, 0.25) is 0 Å². The maximum Gasteiger partial charge on any atom is 0.335 e. The fraction of sp³-hybridized carbons (Fsp3) is 0.188. The van der Waals surface area contributed by atoms with Crippen LogP contribution in [0.4, 0.5) is 0 Å². The van der Waals surface area contributed by atoms with Crippen molar-refractivity contribution < 1.29 is 9.90 Å². The second-order valence-corrected chi connectivity index (χ2v) is 4.33. The second kappa shape index (κ2) is 6.60. The van der Waals surface area contributed by atoms with Gasteiger partial charge in [0, 0.05) is 0 Å². The largest absolute Gasteiger partial charge is 0.478 e. The highest BCUT2D eigenvalue weighted by Crippen LogP contribution is 2.02. The molecular weight excluding hydrogens is 224 g/mol. The van der Waals surface area contributed by atoms with Crippen LogP contribution in [-0.4, -0.2) is 11.1 Å². The lowest BCUT2D eigenvalue weighted by Crippen LogP contribution is -1.95. The molecule has 0 unspecified atom stereocenters. The molecule has 0 spiro atoms. The van der Waals surface area contributed by atoms with Crippen LogP contribution in [-0.2, 0) is 0 Å². The monoisotopic (exact) mass is 242 g/mol. The summed E-state index contributed by atoms with van der Waals surface area (Å²) >= 11 is 0. The van der Waals surface area contributed by atoms with Crippen LogP contribution in [0, 0.1) is 20.8 Å². The van der Waals surface area contributed by atoms with E-state index in [0.29, 0.717) is 5.56 Å². The quantitative estimate of drug-likeness (QED) is 0.820. The second-order valence-electron chi connectivity index (χ2n) is 4.33. The van der Waals surface area contributed by atoms with Gasteiger partial charge in [-0.3, -0.25) is 0 Å². The average molecular weight is 242 g/mol. The van der Waals surface area contributed by atoms with Crippen molar-refractivity contribution in [2.24, 2.45) is 0 Å². The molecule has 0 bridgehead atoms. The van der Waals surface area contributed by atoms with Crippen molar-refractivity contribution >= 4 is 5.97 Å². The van der Waals surface area contributed by atoms with E-state index in [1.807, 2.05) is 13.0 Å². The van der Waals surface area contributed by atoms with Gasteiger partial charge < -0.3 is 5.11 Å². The van der Waals surface area contributed by atoms with Crippen molar-refractivity contribution in [1.29, 1.82) is 0 Å². The zero-order valence-electron chi connectivity index (χ0n) is 11.0. The van der Waals surface area contributed by atoms with Crippen molar-refractivity contribution in [2.45, 2.75) is 20.8 Å². The minimum absolute atomic E-state index is 0.347. The third-order valence-electron chi connectivity index (χ3n) is 2.44. The molecule has 0 aliphatic carbocycles. The molecule has 94 valence electrons.